The van der Waals surface area contributed by atoms with Gasteiger partial charge < -0.3 is 5.32 Å². The van der Waals surface area contributed by atoms with E-state index in [0.717, 1.165) is 16.1 Å². The molecule has 0 aliphatic rings. The third-order valence-electron chi connectivity index (χ3n) is 3.46. The van der Waals surface area contributed by atoms with Crippen molar-refractivity contribution in [1.29, 1.82) is 0 Å². The van der Waals surface area contributed by atoms with Crippen LogP contribution in [0, 0.1) is 19.7 Å². The second-order valence-electron chi connectivity index (χ2n) is 5.21. The SMILES string of the molecule is Cc1ccc(CNC(=O)c2sc(-c3ccsc3)nc2C)cc1F. The first-order valence-electron chi connectivity index (χ1n) is 7.08. The second-order valence-corrected chi connectivity index (χ2v) is 6.99. The predicted molar refractivity (Wildman–Crippen MR) is 92.5 cm³/mol. The Kier molecular flexibility index (Phi) is 4.54. The molecule has 23 heavy (non-hydrogen) atoms. The molecule has 118 valence electrons. The van der Waals surface area contributed by atoms with E-state index in [0.29, 0.717) is 22.7 Å². The van der Waals surface area contributed by atoms with E-state index < -0.39 is 0 Å². The summed E-state index contributed by atoms with van der Waals surface area (Å²) in [6.45, 7) is 3.83. The van der Waals surface area contributed by atoms with Gasteiger partial charge in [0.15, 0.2) is 0 Å². The average Bonchev–Trinajstić information content (AvgIpc) is 3.17. The van der Waals surface area contributed by atoms with E-state index in [4.69, 9.17) is 0 Å². The number of thiophene rings is 1. The fraction of sp³-hybridized carbons (Fsp3) is 0.176. The zero-order chi connectivity index (χ0) is 16.4. The van der Waals surface area contributed by atoms with Crippen LogP contribution in [-0.2, 0) is 6.54 Å². The fourth-order valence-electron chi connectivity index (χ4n) is 2.13. The number of benzene rings is 1. The van der Waals surface area contributed by atoms with Crippen molar-refractivity contribution in [2.45, 2.75) is 20.4 Å². The van der Waals surface area contributed by atoms with Crippen molar-refractivity contribution in [3.8, 4) is 10.6 Å². The van der Waals surface area contributed by atoms with E-state index in [1.807, 2.05) is 29.8 Å². The summed E-state index contributed by atoms with van der Waals surface area (Å²) in [5.41, 5.74) is 3.08. The maximum atomic E-state index is 13.5. The van der Waals surface area contributed by atoms with Gasteiger partial charge >= 0.3 is 0 Å². The number of halogens is 1. The number of amides is 1. The number of thiazole rings is 1. The lowest BCUT2D eigenvalue weighted by Gasteiger charge is -2.05. The minimum Gasteiger partial charge on any atom is -0.347 e. The quantitative estimate of drug-likeness (QED) is 0.752. The number of rotatable bonds is 4. The van der Waals surface area contributed by atoms with Gasteiger partial charge in [0, 0.05) is 17.5 Å². The lowest BCUT2D eigenvalue weighted by molar-refractivity contribution is 0.0954. The lowest BCUT2D eigenvalue weighted by atomic mass is 10.1. The summed E-state index contributed by atoms with van der Waals surface area (Å²) in [7, 11) is 0. The van der Waals surface area contributed by atoms with Crippen LogP contribution in [0.3, 0.4) is 0 Å². The lowest BCUT2D eigenvalue weighted by Crippen LogP contribution is -2.22. The molecule has 3 rings (SSSR count). The monoisotopic (exact) mass is 346 g/mol. The van der Waals surface area contributed by atoms with Gasteiger partial charge in [-0.2, -0.15) is 11.3 Å². The average molecular weight is 346 g/mol. The fourth-order valence-corrected chi connectivity index (χ4v) is 3.82. The third-order valence-corrected chi connectivity index (χ3v) is 5.35. The molecule has 0 unspecified atom stereocenters. The molecule has 6 heteroatoms. The van der Waals surface area contributed by atoms with Crippen LogP contribution in [-0.4, -0.2) is 10.9 Å². The van der Waals surface area contributed by atoms with Gasteiger partial charge in [0.05, 0.1) is 5.69 Å². The van der Waals surface area contributed by atoms with E-state index in [2.05, 4.69) is 10.3 Å². The summed E-state index contributed by atoms with van der Waals surface area (Å²) in [4.78, 5) is 17.4. The van der Waals surface area contributed by atoms with Gasteiger partial charge in [0.2, 0.25) is 0 Å². The molecule has 0 saturated carbocycles. The van der Waals surface area contributed by atoms with Crippen molar-refractivity contribution < 1.29 is 9.18 Å². The Hall–Kier alpha value is -2.05. The summed E-state index contributed by atoms with van der Waals surface area (Å²) in [5, 5.41) is 7.66. The van der Waals surface area contributed by atoms with Gasteiger partial charge in [0.1, 0.15) is 15.7 Å². The molecule has 0 aliphatic carbocycles. The van der Waals surface area contributed by atoms with Crippen molar-refractivity contribution in [1.82, 2.24) is 10.3 Å². The van der Waals surface area contributed by atoms with Crippen LogP contribution in [0.1, 0.15) is 26.5 Å². The minimum atomic E-state index is -0.259. The van der Waals surface area contributed by atoms with Crippen molar-refractivity contribution in [3.05, 3.63) is 62.5 Å². The molecule has 0 radical (unpaired) electrons. The van der Waals surface area contributed by atoms with Crippen LogP contribution in [0.5, 0.6) is 0 Å². The Morgan fingerprint density at radius 3 is 2.83 bits per heavy atom. The number of carbonyl (C=O) groups excluding carboxylic acids is 1. The third kappa shape index (κ3) is 3.48. The van der Waals surface area contributed by atoms with Crippen molar-refractivity contribution in [2.24, 2.45) is 0 Å². The standard InChI is InChI=1S/C17H15FN2OS2/c1-10-3-4-12(7-14(10)18)8-19-16(21)15-11(2)20-17(23-15)13-5-6-22-9-13/h3-7,9H,8H2,1-2H3,(H,19,21). The van der Waals surface area contributed by atoms with E-state index in [1.165, 1.54) is 17.4 Å². The number of aryl methyl sites for hydroxylation is 2. The molecule has 2 heterocycles. The van der Waals surface area contributed by atoms with Crippen LogP contribution in [0.2, 0.25) is 0 Å². The topological polar surface area (TPSA) is 42.0 Å². The van der Waals surface area contributed by atoms with Crippen molar-refractivity contribution in [3.63, 3.8) is 0 Å². The molecular formula is C17H15FN2OS2. The zero-order valence-electron chi connectivity index (χ0n) is 12.7. The first kappa shape index (κ1) is 15.8. The number of carbonyl (C=O) groups is 1. The number of nitrogens with one attached hydrogen (secondary N) is 1. The summed E-state index contributed by atoms with van der Waals surface area (Å²) >= 11 is 2.97. The maximum absolute atomic E-state index is 13.5. The molecule has 1 N–H and O–H groups in total. The highest BCUT2D eigenvalue weighted by Crippen LogP contribution is 2.29. The first-order valence-corrected chi connectivity index (χ1v) is 8.84. The smallest absolute Gasteiger partial charge is 0.263 e. The van der Waals surface area contributed by atoms with E-state index in [-0.39, 0.29) is 11.7 Å². The number of hydrogen-bond donors (Lipinski definition) is 1. The zero-order valence-corrected chi connectivity index (χ0v) is 14.4. The number of hydrogen-bond acceptors (Lipinski definition) is 4. The molecule has 2 aromatic heterocycles. The Bertz CT molecular complexity index is 840. The van der Waals surface area contributed by atoms with Crippen LogP contribution in [0.25, 0.3) is 10.6 Å². The molecule has 0 aliphatic heterocycles. The molecule has 0 fully saturated rings. The summed E-state index contributed by atoms with van der Waals surface area (Å²) in [6, 6.07) is 6.96. The molecule has 0 bridgehead atoms. The van der Waals surface area contributed by atoms with Crippen LogP contribution < -0.4 is 5.32 Å². The highest BCUT2D eigenvalue weighted by atomic mass is 32.1. The molecule has 0 saturated heterocycles. The van der Waals surface area contributed by atoms with Crippen molar-refractivity contribution >= 4 is 28.6 Å². The molecule has 1 amide bonds. The minimum absolute atomic E-state index is 0.178. The van der Waals surface area contributed by atoms with Crippen LogP contribution in [0.15, 0.2) is 35.0 Å². The van der Waals surface area contributed by atoms with Gasteiger partial charge in [-0.25, -0.2) is 9.37 Å². The molecule has 3 aromatic rings. The van der Waals surface area contributed by atoms with E-state index in [1.54, 1.807) is 24.3 Å². The first-order chi connectivity index (χ1) is 11.0. The van der Waals surface area contributed by atoms with Gasteiger partial charge in [0.25, 0.3) is 5.91 Å². The van der Waals surface area contributed by atoms with Crippen LogP contribution >= 0.6 is 22.7 Å². The second kappa shape index (κ2) is 6.60. The van der Waals surface area contributed by atoms with Gasteiger partial charge in [-0.1, -0.05) is 12.1 Å². The Morgan fingerprint density at radius 1 is 1.30 bits per heavy atom. The summed E-state index contributed by atoms with van der Waals surface area (Å²) in [6.07, 6.45) is 0. The van der Waals surface area contributed by atoms with E-state index in [9.17, 15) is 9.18 Å². The maximum Gasteiger partial charge on any atom is 0.263 e. The molecule has 1 aromatic carbocycles. The van der Waals surface area contributed by atoms with Gasteiger partial charge in [-0.3, -0.25) is 4.79 Å². The normalized spacial score (nSPS) is 10.7. The molecule has 0 spiro atoms. The molecule has 0 atom stereocenters. The van der Waals surface area contributed by atoms with Gasteiger partial charge in [-0.15, -0.1) is 11.3 Å². The van der Waals surface area contributed by atoms with Crippen LogP contribution in [0.4, 0.5) is 4.39 Å². The van der Waals surface area contributed by atoms with E-state index >= 15 is 0 Å². The summed E-state index contributed by atoms with van der Waals surface area (Å²) in [5.74, 6) is -0.437. The largest absolute Gasteiger partial charge is 0.347 e. The molecular weight excluding hydrogens is 331 g/mol. The Balaban J connectivity index is 1.72. The number of aromatic nitrogens is 1. The highest BCUT2D eigenvalue weighted by molar-refractivity contribution is 7.17. The number of nitrogens with zero attached hydrogens (tertiary/aromatic N) is 1. The summed E-state index contributed by atoms with van der Waals surface area (Å²) < 4.78 is 13.5. The Morgan fingerprint density at radius 2 is 2.13 bits per heavy atom. The molecule has 3 nitrogen and oxygen atoms in total. The highest BCUT2D eigenvalue weighted by Gasteiger charge is 2.16. The van der Waals surface area contributed by atoms with Crippen molar-refractivity contribution in [2.75, 3.05) is 0 Å². The predicted octanol–water partition coefficient (Wildman–Crippen LogP) is 4.56. The van der Waals surface area contributed by atoms with Gasteiger partial charge in [-0.05, 0) is 42.5 Å². The Labute approximate surface area is 141 Å².